The largest absolute Gasteiger partial charge is 0.331 e. The third-order valence-electron chi connectivity index (χ3n) is 4.15. The number of imidazole rings is 1. The van der Waals surface area contributed by atoms with E-state index in [1.807, 2.05) is 0 Å². The number of fused-ring (bicyclic) bond motifs is 1. The first kappa shape index (κ1) is 13.1. The Kier molecular flexibility index (Phi) is 3.63. The average molecular weight is 322 g/mol. The number of halogens is 1. The average Bonchev–Trinajstić information content (AvgIpc) is 2.67. The number of piperidine rings is 1. The number of nitrogens with zero attached hydrogens (tertiary/aromatic N) is 2. The van der Waals surface area contributed by atoms with Gasteiger partial charge in [0.1, 0.15) is 5.82 Å². The Balaban J connectivity index is 1.95. The highest BCUT2D eigenvalue weighted by molar-refractivity contribution is 9.10. The number of hydrogen-bond donors (Lipinski definition) is 1. The Morgan fingerprint density at radius 1 is 1.37 bits per heavy atom. The molecule has 0 saturated carbocycles. The molecular weight excluding hydrogens is 302 g/mol. The first-order valence-electron chi connectivity index (χ1n) is 6.97. The smallest absolute Gasteiger partial charge is 0.109 e. The fourth-order valence-corrected chi connectivity index (χ4v) is 3.67. The van der Waals surface area contributed by atoms with Crippen LogP contribution in [0.2, 0.25) is 0 Å². The third kappa shape index (κ3) is 2.56. The molecule has 0 unspecified atom stereocenters. The van der Waals surface area contributed by atoms with E-state index in [1.54, 1.807) is 0 Å². The fraction of sp³-hybridized carbons (Fsp3) is 0.533. The minimum absolute atomic E-state index is 0.778. The molecule has 0 radical (unpaired) electrons. The SMILES string of the molecule is Cc1cc(Br)cc2nc(CC3CCNCC3)n(C)c12. The molecule has 0 spiro atoms. The van der Waals surface area contributed by atoms with Gasteiger partial charge in [-0.3, -0.25) is 0 Å². The molecule has 1 aromatic heterocycles. The van der Waals surface area contributed by atoms with E-state index in [4.69, 9.17) is 4.98 Å². The zero-order chi connectivity index (χ0) is 13.4. The van der Waals surface area contributed by atoms with Gasteiger partial charge in [0.25, 0.3) is 0 Å². The molecule has 0 bridgehead atoms. The van der Waals surface area contributed by atoms with Gasteiger partial charge in [-0.05, 0) is 56.5 Å². The summed E-state index contributed by atoms with van der Waals surface area (Å²) in [4.78, 5) is 4.84. The van der Waals surface area contributed by atoms with Gasteiger partial charge in [-0.25, -0.2) is 4.98 Å². The number of aryl methyl sites for hydroxylation is 2. The Morgan fingerprint density at radius 3 is 2.84 bits per heavy atom. The predicted molar refractivity (Wildman–Crippen MR) is 82.4 cm³/mol. The van der Waals surface area contributed by atoms with E-state index in [1.165, 1.54) is 29.7 Å². The van der Waals surface area contributed by atoms with Crippen LogP contribution in [0.5, 0.6) is 0 Å². The Morgan fingerprint density at radius 2 is 2.11 bits per heavy atom. The minimum atomic E-state index is 0.778. The predicted octanol–water partition coefficient (Wildman–Crippen LogP) is 3.19. The normalized spacial score (nSPS) is 17.2. The molecule has 0 aliphatic carbocycles. The van der Waals surface area contributed by atoms with E-state index in [0.29, 0.717) is 0 Å². The summed E-state index contributed by atoms with van der Waals surface area (Å²) in [6.45, 7) is 4.46. The molecule has 1 aliphatic heterocycles. The van der Waals surface area contributed by atoms with Gasteiger partial charge in [0, 0.05) is 17.9 Å². The Labute approximate surface area is 122 Å². The van der Waals surface area contributed by atoms with Crippen LogP contribution >= 0.6 is 15.9 Å². The van der Waals surface area contributed by atoms with E-state index >= 15 is 0 Å². The van der Waals surface area contributed by atoms with E-state index in [-0.39, 0.29) is 0 Å². The lowest BCUT2D eigenvalue weighted by molar-refractivity contribution is 0.365. The van der Waals surface area contributed by atoms with Crippen LogP contribution in [0.1, 0.15) is 24.2 Å². The highest BCUT2D eigenvalue weighted by Crippen LogP contribution is 2.26. The lowest BCUT2D eigenvalue weighted by Crippen LogP contribution is -2.29. The van der Waals surface area contributed by atoms with Crippen LogP contribution in [-0.2, 0) is 13.5 Å². The molecule has 1 aliphatic rings. The number of nitrogens with one attached hydrogen (secondary N) is 1. The van der Waals surface area contributed by atoms with Crippen molar-refractivity contribution in [3.05, 3.63) is 28.0 Å². The second kappa shape index (κ2) is 5.25. The van der Waals surface area contributed by atoms with Gasteiger partial charge in [-0.2, -0.15) is 0 Å². The van der Waals surface area contributed by atoms with Gasteiger partial charge in [0.05, 0.1) is 11.0 Å². The maximum absolute atomic E-state index is 4.84. The highest BCUT2D eigenvalue weighted by atomic mass is 79.9. The number of hydrogen-bond acceptors (Lipinski definition) is 2. The second-order valence-electron chi connectivity index (χ2n) is 5.57. The van der Waals surface area contributed by atoms with Crippen molar-refractivity contribution < 1.29 is 0 Å². The minimum Gasteiger partial charge on any atom is -0.331 e. The van der Waals surface area contributed by atoms with Gasteiger partial charge in [0.2, 0.25) is 0 Å². The van der Waals surface area contributed by atoms with Crippen molar-refractivity contribution in [3.8, 4) is 0 Å². The summed E-state index contributed by atoms with van der Waals surface area (Å²) < 4.78 is 3.39. The number of benzene rings is 1. The van der Waals surface area contributed by atoms with Crippen molar-refractivity contribution in [3.63, 3.8) is 0 Å². The van der Waals surface area contributed by atoms with Crippen LogP contribution in [-0.4, -0.2) is 22.6 Å². The molecule has 0 atom stereocenters. The number of rotatable bonds is 2. The molecule has 1 fully saturated rings. The molecule has 2 heterocycles. The van der Waals surface area contributed by atoms with Crippen LogP contribution in [0.3, 0.4) is 0 Å². The molecule has 3 nitrogen and oxygen atoms in total. The summed E-state index contributed by atoms with van der Waals surface area (Å²) in [6, 6.07) is 4.28. The Hall–Kier alpha value is -0.870. The molecule has 0 amide bonds. The molecule has 1 saturated heterocycles. The maximum atomic E-state index is 4.84. The summed E-state index contributed by atoms with van der Waals surface area (Å²) in [5.74, 6) is 2.00. The van der Waals surface area contributed by atoms with Crippen LogP contribution < -0.4 is 5.32 Å². The van der Waals surface area contributed by atoms with Crippen LogP contribution in [0, 0.1) is 12.8 Å². The first-order chi connectivity index (χ1) is 9.15. The van der Waals surface area contributed by atoms with Crippen molar-refractivity contribution in [1.82, 2.24) is 14.9 Å². The van der Waals surface area contributed by atoms with Gasteiger partial charge >= 0.3 is 0 Å². The standard InChI is InChI=1S/C15H20BrN3/c1-10-7-12(16)9-13-15(10)19(2)14(18-13)8-11-3-5-17-6-4-11/h7,9,11,17H,3-6,8H2,1-2H3. The van der Waals surface area contributed by atoms with Crippen molar-refractivity contribution in [2.24, 2.45) is 13.0 Å². The molecule has 2 aromatic rings. The molecule has 3 rings (SSSR count). The summed E-state index contributed by atoms with van der Waals surface area (Å²) >= 11 is 3.56. The fourth-order valence-electron chi connectivity index (χ4n) is 3.11. The molecule has 19 heavy (non-hydrogen) atoms. The van der Waals surface area contributed by atoms with Crippen molar-refractivity contribution in [2.45, 2.75) is 26.2 Å². The lowest BCUT2D eigenvalue weighted by Gasteiger charge is -2.22. The summed E-state index contributed by atoms with van der Waals surface area (Å²) in [5.41, 5.74) is 3.67. The topological polar surface area (TPSA) is 29.9 Å². The molecule has 1 aromatic carbocycles. The highest BCUT2D eigenvalue weighted by Gasteiger charge is 2.18. The van der Waals surface area contributed by atoms with Crippen LogP contribution in [0.15, 0.2) is 16.6 Å². The van der Waals surface area contributed by atoms with E-state index in [9.17, 15) is 0 Å². The molecule has 1 N–H and O–H groups in total. The van der Waals surface area contributed by atoms with Crippen molar-refractivity contribution in [2.75, 3.05) is 13.1 Å². The monoisotopic (exact) mass is 321 g/mol. The molecular formula is C15H20BrN3. The summed E-state index contributed by atoms with van der Waals surface area (Å²) in [5, 5.41) is 3.42. The zero-order valence-electron chi connectivity index (χ0n) is 11.5. The van der Waals surface area contributed by atoms with E-state index in [0.717, 1.165) is 35.4 Å². The van der Waals surface area contributed by atoms with Crippen molar-refractivity contribution >= 4 is 27.0 Å². The molecule has 4 heteroatoms. The van der Waals surface area contributed by atoms with Gasteiger partial charge < -0.3 is 9.88 Å². The zero-order valence-corrected chi connectivity index (χ0v) is 13.1. The van der Waals surface area contributed by atoms with Gasteiger partial charge in [0.15, 0.2) is 0 Å². The second-order valence-corrected chi connectivity index (χ2v) is 6.49. The van der Waals surface area contributed by atoms with Gasteiger partial charge in [-0.1, -0.05) is 15.9 Å². The summed E-state index contributed by atoms with van der Waals surface area (Å²) in [7, 11) is 2.15. The maximum Gasteiger partial charge on any atom is 0.109 e. The van der Waals surface area contributed by atoms with Crippen molar-refractivity contribution in [1.29, 1.82) is 0 Å². The lowest BCUT2D eigenvalue weighted by atomic mass is 9.94. The van der Waals surface area contributed by atoms with Gasteiger partial charge in [-0.15, -0.1) is 0 Å². The van der Waals surface area contributed by atoms with Crippen LogP contribution in [0.25, 0.3) is 11.0 Å². The Bertz CT molecular complexity index is 597. The third-order valence-corrected chi connectivity index (χ3v) is 4.61. The van der Waals surface area contributed by atoms with Crippen LogP contribution in [0.4, 0.5) is 0 Å². The quantitative estimate of drug-likeness (QED) is 0.920. The van der Waals surface area contributed by atoms with E-state index < -0.39 is 0 Å². The first-order valence-corrected chi connectivity index (χ1v) is 7.76. The van der Waals surface area contributed by atoms with E-state index in [2.05, 4.69) is 51.9 Å². The number of aromatic nitrogens is 2. The molecule has 102 valence electrons. The summed E-state index contributed by atoms with van der Waals surface area (Å²) in [6.07, 6.45) is 3.64.